The van der Waals surface area contributed by atoms with Crippen LogP contribution in [0.25, 0.3) is 0 Å². The molecule has 2 rings (SSSR count). The van der Waals surface area contributed by atoms with Crippen LogP contribution in [0, 0.1) is 0 Å². The van der Waals surface area contributed by atoms with E-state index in [0.29, 0.717) is 12.5 Å². The van der Waals surface area contributed by atoms with Gasteiger partial charge in [0.25, 0.3) is 0 Å². The van der Waals surface area contributed by atoms with Crippen LogP contribution < -0.4 is 10.6 Å². The van der Waals surface area contributed by atoms with Crippen molar-refractivity contribution >= 4 is 35.0 Å². The number of guanidine groups is 1. The number of thiophene rings is 1. The van der Waals surface area contributed by atoms with E-state index >= 15 is 0 Å². The molecule has 1 heterocycles. The Morgan fingerprint density at radius 1 is 1.20 bits per heavy atom. The summed E-state index contributed by atoms with van der Waals surface area (Å²) >= 11 is 3.45. The lowest BCUT2D eigenvalue weighted by Gasteiger charge is -2.15. The van der Waals surface area contributed by atoms with Gasteiger partial charge in [0.05, 0.1) is 13.1 Å². The average Bonchev–Trinajstić information content (AvgIpc) is 3.14. The van der Waals surface area contributed by atoms with E-state index in [0.717, 1.165) is 12.3 Å². The number of aliphatic imine (C=N–C) groups is 1. The molecule has 25 heavy (non-hydrogen) atoms. The average molecular weight is 377 g/mol. The number of hydrogen-bond acceptors (Lipinski definition) is 4. The molecule has 2 aromatic rings. The van der Waals surface area contributed by atoms with Gasteiger partial charge in [0, 0.05) is 31.3 Å². The molecule has 0 unspecified atom stereocenters. The Kier molecular flexibility index (Phi) is 8.34. The first-order chi connectivity index (χ1) is 12.1. The first kappa shape index (κ1) is 19.3. The SMILES string of the molecule is CN(C)C(=O)CNC(=NCc1ccsc1)NCCSc1ccccc1. The highest BCUT2D eigenvalue weighted by Gasteiger charge is 2.06. The molecule has 0 aliphatic heterocycles. The van der Waals surface area contributed by atoms with Crippen LogP contribution in [-0.2, 0) is 11.3 Å². The lowest BCUT2D eigenvalue weighted by atomic mass is 10.3. The predicted molar refractivity (Wildman–Crippen MR) is 107 cm³/mol. The van der Waals surface area contributed by atoms with Crippen LogP contribution in [0.15, 0.2) is 57.0 Å². The maximum Gasteiger partial charge on any atom is 0.241 e. The summed E-state index contributed by atoms with van der Waals surface area (Å²) in [5.41, 5.74) is 1.17. The van der Waals surface area contributed by atoms with Gasteiger partial charge in [-0.3, -0.25) is 4.79 Å². The van der Waals surface area contributed by atoms with Gasteiger partial charge in [-0.05, 0) is 34.5 Å². The van der Waals surface area contributed by atoms with Crippen molar-refractivity contribution in [3.05, 3.63) is 52.7 Å². The van der Waals surface area contributed by atoms with Gasteiger partial charge in [-0.25, -0.2) is 4.99 Å². The topological polar surface area (TPSA) is 56.7 Å². The highest BCUT2D eigenvalue weighted by Crippen LogP contribution is 2.15. The Bertz CT molecular complexity index is 657. The number of likely N-dealkylation sites (N-methyl/N-ethyl adjacent to an activating group) is 1. The van der Waals surface area contributed by atoms with Gasteiger partial charge in [-0.15, -0.1) is 11.8 Å². The van der Waals surface area contributed by atoms with Crippen LogP contribution in [-0.4, -0.2) is 49.7 Å². The molecular formula is C18H24N4OS2. The molecule has 1 aromatic carbocycles. The third-order valence-electron chi connectivity index (χ3n) is 3.31. The summed E-state index contributed by atoms with van der Waals surface area (Å²) in [6.45, 7) is 1.60. The van der Waals surface area contributed by atoms with Gasteiger partial charge in [-0.1, -0.05) is 18.2 Å². The second-order valence-corrected chi connectivity index (χ2v) is 7.47. The van der Waals surface area contributed by atoms with Crippen molar-refractivity contribution in [2.45, 2.75) is 11.4 Å². The van der Waals surface area contributed by atoms with E-state index in [4.69, 9.17) is 0 Å². The minimum atomic E-state index is 0.0173. The van der Waals surface area contributed by atoms with Crippen LogP contribution in [0.5, 0.6) is 0 Å². The fraction of sp³-hybridized carbons (Fsp3) is 0.333. The van der Waals surface area contributed by atoms with Crippen LogP contribution in [0.3, 0.4) is 0 Å². The first-order valence-corrected chi connectivity index (χ1v) is 9.99. The Balaban J connectivity index is 1.82. The van der Waals surface area contributed by atoms with Crippen molar-refractivity contribution in [2.24, 2.45) is 4.99 Å². The van der Waals surface area contributed by atoms with Crippen LogP contribution in [0.1, 0.15) is 5.56 Å². The molecule has 0 aliphatic carbocycles. The Hall–Kier alpha value is -1.99. The quantitative estimate of drug-likeness (QED) is 0.322. The van der Waals surface area contributed by atoms with Gasteiger partial charge < -0.3 is 15.5 Å². The molecule has 0 radical (unpaired) electrons. The summed E-state index contributed by atoms with van der Waals surface area (Å²) in [5, 5.41) is 10.5. The molecule has 0 spiro atoms. The molecule has 1 amide bonds. The molecule has 1 aromatic heterocycles. The Morgan fingerprint density at radius 2 is 2.00 bits per heavy atom. The van der Waals surface area contributed by atoms with Crippen molar-refractivity contribution in [1.82, 2.24) is 15.5 Å². The molecule has 7 heteroatoms. The molecule has 0 saturated heterocycles. The number of carbonyl (C=O) groups is 1. The summed E-state index contributed by atoms with van der Waals surface area (Å²) < 4.78 is 0. The fourth-order valence-corrected chi connectivity index (χ4v) is 3.35. The summed E-state index contributed by atoms with van der Waals surface area (Å²) in [7, 11) is 3.49. The zero-order chi connectivity index (χ0) is 17.9. The zero-order valence-electron chi connectivity index (χ0n) is 14.6. The van der Waals surface area contributed by atoms with Crippen molar-refractivity contribution in [3.8, 4) is 0 Å². The minimum absolute atomic E-state index is 0.0173. The monoisotopic (exact) mass is 376 g/mol. The van der Waals surface area contributed by atoms with Gasteiger partial charge in [0.1, 0.15) is 0 Å². The van der Waals surface area contributed by atoms with Crippen molar-refractivity contribution in [2.75, 3.05) is 32.9 Å². The molecule has 0 bridgehead atoms. The highest BCUT2D eigenvalue weighted by molar-refractivity contribution is 7.99. The second-order valence-electron chi connectivity index (χ2n) is 5.53. The lowest BCUT2D eigenvalue weighted by Crippen LogP contribution is -2.43. The maximum atomic E-state index is 11.8. The van der Waals surface area contributed by atoms with E-state index in [-0.39, 0.29) is 12.5 Å². The van der Waals surface area contributed by atoms with E-state index in [1.165, 1.54) is 10.5 Å². The highest BCUT2D eigenvalue weighted by atomic mass is 32.2. The standard InChI is InChI=1S/C18H24N4OS2/c1-22(2)17(23)13-21-18(20-12-15-8-10-24-14-15)19-9-11-25-16-6-4-3-5-7-16/h3-8,10,14H,9,11-13H2,1-2H3,(H2,19,20,21). The zero-order valence-corrected chi connectivity index (χ0v) is 16.2. The molecule has 0 fully saturated rings. The number of benzene rings is 1. The van der Waals surface area contributed by atoms with Crippen molar-refractivity contribution in [1.29, 1.82) is 0 Å². The summed E-state index contributed by atoms with van der Waals surface area (Å²) in [5.74, 6) is 1.60. The van der Waals surface area contributed by atoms with E-state index < -0.39 is 0 Å². The molecular weight excluding hydrogens is 352 g/mol. The number of nitrogens with zero attached hydrogens (tertiary/aromatic N) is 2. The lowest BCUT2D eigenvalue weighted by molar-refractivity contribution is -0.127. The summed E-state index contributed by atoms with van der Waals surface area (Å²) in [6.07, 6.45) is 0. The fourth-order valence-electron chi connectivity index (χ4n) is 1.90. The smallest absolute Gasteiger partial charge is 0.241 e. The first-order valence-electron chi connectivity index (χ1n) is 8.06. The molecule has 0 atom stereocenters. The van der Waals surface area contributed by atoms with Crippen LogP contribution in [0.4, 0.5) is 0 Å². The Labute approximate surface area is 157 Å². The maximum absolute atomic E-state index is 11.8. The van der Waals surface area contributed by atoms with Gasteiger partial charge in [0.2, 0.25) is 5.91 Å². The minimum Gasteiger partial charge on any atom is -0.356 e. The molecule has 0 saturated carbocycles. The number of rotatable bonds is 8. The van der Waals surface area contributed by atoms with E-state index in [1.54, 1.807) is 42.1 Å². The van der Waals surface area contributed by atoms with E-state index in [2.05, 4.69) is 39.2 Å². The van der Waals surface area contributed by atoms with Crippen molar-refractivity contribution < 1.29 is 4.79 Å². The van der Waals surface area contributed by atoms with E-state index in [9.17, 15) is 4.79 Å². The summed E-state index contributed by atoms with van der Waals surface area (Å²) in [4.78, 5) is 19.1. The number of nitrogens with one attached hydrogen (secondary N) is 2. The molecule has 0 aliphatic rings. The third kappa shape index (κ3) is 7.62. The van der Waals surface area contributed by atoms with Crippen molar-refractivity contribution in [3.63, 3.8) is 0 Å². The Morgan fingerprint density at radius 3 is 2.68 bits per heavy atom. The number of thioether (sulfide) groups is 1. The van der Waals surface area contributed by atoms with Gasteiger partial charge in [0.15, 0.2) is 5.96 Å². The molecule has 5 nitrogen and oxygen atoms in total. The van der Waals surface area contributed by atoms with Gasteiger partial charge in [-0.2, -0.15) is 11.3 Å². The molecule has 2 N–H and O–H groups in total. The van der Waals surface area contributed by atoms with E-state index in [1.807, 2.05) is 23.6 Å². The number of hydrogen-bond donors (Lipinski definition) is 2. The van der Waals surface area contributed by atoms with Crippen LogP contribution in [0.2, 0.25) is 0 Å². The normalized spacial score (nSPS) is 11.2. The summed E-state index contributed by atoms with van der Waals surface area (Å²) in [6, 6.07) is 12.4. The van der Waals surface area contributed by atoms with Crippen LogP contribution >= 0.6 is 23.1 Å². The number of carbonyl (C=O) groups excluding carboxylic acids is 1. The second kappa shape index (κ2) is 10.8. The number of amides is 1. The molecule has 134 valence electrons. The predicted octanol–water partition coefficient (Wildman–Crippen LogP) is 2.66. The van der Waals surface area contributed by atoms with Gasteiger partial charge >= 0.3 is 0 Å². The third-order valence-corrected chi connectivity index (χ3v) is 5.06. The largest absolute Gasteiger partial charge is 0.356 e.